The van der Waals surface area contributed by atoms with Crippen molar-refractivity contribution >= 4 is 27.8 Å². The monoisotopic (exact) mass is 413 g/mol. The minimum absolute atomic E-state index is 0.125. The Kier molecular flexibility index (Phi) is 6.75. The molecule has 0 spiro atoms. The SMILES string of the molecule is COc1cc(OC)c(C2=CCN(CC(=O)Nc3sccc3C#N)CC2)c(OC)c1. The first-order valence-corrected chi connectivity index (χ1v) is 9.96. The molecule has 2 heterocycles. The van der Waals surface area contributed by atoms with E-state index in [0.717, 1.165) is 24.1 Å². The lowest BCUT2D eigenvalue weighted by atomic mass is 9.97. The van der Waals surface area contributed by atoms with Crippen molar-refractivity contribution in [1.29, 1.82) is 5.26 Å². The van der Waals surface area contributed by atoms with Gasteiger partial charge in [-0.25, -0.2) is 0 Å². The molecule has 1 N–H and O–H groups in total. The minimum atomic E-state index is -0.125. The van der Waals surface area contributed by atoms with E-state index >= 15 is 0 Å². The molecular formula is C21H23N3O4S. The molecule has 2 aromatic rings. The van der Waals surface area contributed by atoms with Crippen LogP contribution in [0.4, 0.5) is 5.00 Å². The average Bonchev–Trinajstić information content (AvgIpc) is 3.20. The Balaban J connectivity index is 1.69. The number of hydrogen-bond acceptors (Lipinski definition) is 7. The molecule has 0 atom stereocenters. The number of carbonyl (C=O) groups is 1. The molecule has 1 aromatic carbocycles. The standard InChI is InChI=1S/C21H23N3O4S/c1-26-16-10-17(27-2)20(18(11-16)28-3)14-4-7-24(8-5-14)13-19(25)23-21-15(12-22)6-9-29-21/h4,6,9-11H,5,7-8,13H2,1-3H3,(H,23,25). The molecule has 0 aliphatic carbocycles. The molecule has 0 saturated heterocycles. The smallest absolute Gasteiger partial charge is 0.239 e. The van der Waals surface area contributed by atoms with E-state index in [9.17, 15) is 4.79 Å². The first-order valence-electron chi connectivity index (χ1n) is 9.08. The third-order valence-electron chi connectivity index (χ3n) is 4.74. The second kappa shape index (κ2) is 9.45. The van der Waals surface area contributed by atoms with Gasteiger partial charge in [0, 0.05) is 25.2 Å². The number of amides is 1. The average molecular weight is 413 g/mol. The maximum Gasteiger partial charge on any atom is 0.239 e. The van der Waals surface area contributed by atoms with Crippen LogP contribution in [0.25, 0.3) is 5.57 Å². The van der Waals surface area contributed by atoms with E-state index in [-0.39, 0.29) is 12.5 Å². The van der Waals surface area contributed by atoms with Gasteiger partial charge in [0.15, 0.2) is 0 Å². The van der Waals surface area contributed by atoms with E-state index < -0.39 is 0 Å². The summed E-state index contributed by atoms with van der Waals surface area (Å²) in [6.45, 7) is 1.63. The maximum atomic E-state index is 12.3. The van der Waals surface area contributed by atoms with Gasteiger partial charge in [0.2, 0.25) is 5.91 Å². The molecule has 0 radical (unpaired) electrons. The Morgan fingerprint density at radius 2 is 1.97 bits per heavy atom. The summed E-state index contributed by atoms with van der Waals surface area (Å²) >= 11 is 1.35. The van der Waals surface area contributed by atoms with E-state index in [4.69, 9.17) is 19.5 Å². The number of thiophene rings is 1. The third-order valence-corrected chi connectivity index (χ3v) is 5.57. The van der Waals surface area contributed by atoms with Crippen molar-refractivity contribution in [2.45, 2.75) is 6.42 Å². The van der Waals surface area contributed by atoms with E-state index in [1.165, 1.54) is 11.3 Å². The summed E-state index contributed by atoms with van der Waals surface area (Å²) in [5.41, 5.74) is 2.52. The van der Waals surface area contributed by atoms with Gasteiger partial charge in [-0.2, -0.15) is 5.26 Å². The second-order valence-corrected chi connectivity index (χ2v) is 7.36. The minimum Gasteiger partial charge on any atom is -0.496 e. The molecule has 1 aromatic heterocycles. The Morgan fingerprint density at radius 3 is 2.52 bits per heavy atom. The zero-order valence-electron chi connectivity index (χ0n) is 16.7. The lowest BCUT2D eigenvalue weighted by Gasteiger charge is -2.27. The summed E-state index contributed by atoms with van der Waals surface area (Å²) in [4.78, 5) is 14.4. The number of hydrogen-bond donors (Lipinski definition) is 1. The van der Waals surface area contributed by atoms with Gasteiger partial charge >= 0.3 is 0 Å². The summed E-state index contributed by atoms with van der Waals surface area (Å²) < 4.78 is 16.4. The van der Waals surface area contributed by atoms with E-state index in [2.05, 4.69) is 22.4 Å². The zero-order chi connectivity index (χ0) is 20.8. The van der Waals surface area contributed by atoms with E-state index in [1.54, 1.807) is 32.8 Å². The van der Waals surface area contributed by atoms with Crippen LogP contribution in [0.3, 0.4) is 0 Å². The third kappa shape index (κ3) is 4.70. The number of ether oxygens (including phenoxy) is 3. The van der Waals surface area contributed by atoms with Crippen LogP contribution in [-0.4, -0.2) is 51.8 Å². The number of nitriles is 1. The molecule has 0 bridgehead atoms. The number of nitrogens with zero attached hydrogens (tertiary/aromatic N) is 2. The lowest BCUT2D eigenvalue weighted by molar-refractivity contribution is -0.117. The molecular weight excluding hydrogens is 390 g/mol. The maximum absolute atomic E-state index is 12.3. The van der Waals surface area contributed by atoms with E-state index in [1.807, 2.05) is 12.1 Å². The molecule has 152 valence electrons. The van der Waals surface area contributed by atoms with Gasteiger partial charge in [-0.15, -0.1) is 11.3 Å². The van der Waals surface area contributed by atoms with Gasteiger partial charge in [-0.1, -0.05) is 6.08 Å². The first kappa shape index (κ1) is 20.7. The Morgan fingerprint density at radius 1 is 1.24 bits per heavy atom. The van der Waals surface area contributed by atoms with Crippen molar-refractivity contribution in [3.63, 3.8) is 0 Å². The van der Waals surface area contributed by atoms with Crippen LogP contribution >= 0.6 is 11.3 Å². The van der Waals surface area contributed by atoms with Crippen LogP contribution in [0.15, 0.2) is 29.7 Å². The summed E-state index contributed by atoms with van der Waals surface area (Å²) in [6, 6.07) is 7.46. The summed E-state index contributed by atoms with van der Waals surface area (Å²) in [7, 11) is 4.85. The fourth-order valence-corrected chi connectivity index (χ4v) is 4.02. The molecule has 1 aliphatic heterocycles. The van der Waals surface area contributed by atoms with Crippen LogP contribution in [-0.2, 0) is 4.79 Å². The number of anilines is 1. The topological polar surface area (TPSA) is 83.8 Å². The van der Waals surface area contributed by atoms with Gasteiger partial charge < -0.3 is 19.5 Å². The molecule has 7 nitrogen and oxygen atoms in total. The van der Waals surface area contributed by atoms with Crippen LogP contribution in [0.1, 0.15) is 17.5 Å². The highest BCUT2D eigenvalue weighted by molar-refractivity contribution is 7.14. The van der Waals surface area contributed by atoms with Crippen molar-refractivity contribution < 1.29 is 19.0 Å². The first-order chi connectivity index (χ1) is 14.1. The molecule has 29 heavy (non-hydrogen) atoms. The quantitative estimate of drug-likeness (QED) is 0.749. The summed E-state index contributed by atoms with van der Waals surface area (Å²) in [5.74, 6) is 1.93. The van der Waals surface area contributed by atoms with Gasteiger partial charge in [0.1, 0.15) is 28.3 Å². The molecule has 1 amide bonds. The largest absolute Gasteiger partial charge is 0.496 e. The van der Waals surface area contributed by atoms with Gasteiger partial charge in [-0.3, -0.25) is 9.69 Å². The van der Waals surface area contributed by atoms with Crippen molar-refractivity contribution in [3.8, 4) is 23.3 Å². The van der Waals surface area contributed by atoms with Crippen LogP contribution in [0, 0.1) is 11.3 Å². The molecule has 3 rings (SSSR count). The highest BCUT2D eigenvalue weighted by Crippen LogP contribution is 2.40. The zero-order valence-corrected chi connectivity index (χ0v) is 17.5. The Bertz CT molecular complexity index is 936. The Labute approximate surface area is 174 Å². The van der Waals surface area contributed by atoms with Gasteiger partial charge in [0.25, 0.3) is 0 Å². The van der Waals surface area contributed by atoms with Crippen molar-refractivity contribution in [3.05, 3.63) is 40.8 Å². The number of benzene rings is 1. The Hall–Kier alpha value is -3.02. The fraction of sp³-hybridized carbons (Fsp3) is 0.333. The second-order valence-electron chi connectivity index (χ2n) is 6.44. The van der Waals surface area contributed by atoms with Crippen molar-refractivity contribution in [1.82, 2.24) is 4.90 Å². The number of carbonyl (C=O) groups excluding carboxylic acids is 1. The highest BCUT2D eigenvalue weighted by atomic mass is 32.1. The number of nitrogens with one attached hydrogen (secondary N) is 1. The molecule has 0 unspecified atom stereocenters. The summed E-state index contributed by atoms with van der Waals surface area (Å²) in [5, 5.41) is 14.3. The van der Waals surface area contributed by atoms with E-state index in [0.29, 0.717) is 34.4 Å². The normalized spacial score (nSPS) is 13.9. The predicted molar refractivity (Wildman–Crippen MR) is 113 cm³/mol. The summed E-state index contributed by atoms with van der Waals surface area (Å²) in [6.07, 6.45) is 2.85. The molecule has 8 heteroatoms. The number of rotatable bonds is 7. The highest BCUT2D eigenvalue weighted by Gasteiger charge is 2.22. The van der Waals surface area contributed by atoms with Gasteiger partial charge in [0.05, 0.1) is 39.0 Å². The number of methoxy groups -OCH3 is 3. The molecule has 1 aliphatic rings. The predicted octanol–water partition coefficient (Wildman–Crippen LogP) is 3.37. The lowest BCUT2D eigenvalue weighted by Crippen LogP contribution is -2.36. The van der Waals surface area contributed by atoms with Crippen molar-refractivity contribution in [2.24, 2.45) is 0 Å². The molecule has 0 saturated carbocycles. The fourth-order valence-electron chi connectivity index (χ4n) is 3.27. The van der Waals surface area contributed by atoms with Crippen LogP contribution < -0.4 is 19.5 Å². The van der Waals surface area contributed by atoms with Crippen LogP contribution in [0.2, 0.25) is 0 Å². The molecule has 0 fully saturated rings. The van der Waals surface area contributed by atoms with Gasteiger partial charge in [-0.05, 0) is 23.4 Å². The van der Waals surface area contributed by atoms with Crippen LogP contribution in [0.5, 0.6) is 17.2 Å². The van der Waals surface area contributed by atoms with Crippen molar-refractivity contribution in [2.75, 3.05) is 46.3 Å².